The molecule has 80 valence electrons. The molecule has 1 N–H and O–H groups in total. The minimum absolute atomic E-state index is 0.129. The van der Waals surface area contributed by atoms with Gasteiger partial charge in [0.1, 0.15) is 11.6 Å². The Labute approximate surface area is 90.3 Å². The number of imide groups is 1. The van der Waals surface area contributed by atoms with Crippen LogP contribution in [0.3, 0.4) is 0 Å². The Hall–Kier alpha value is -1.50. The van der Waals surface area contributed by atoms with Gasteiger partial charge in [0.05, 0.1) is 0 Å². The van der Waals surface area contributed by atoms with E-state index in [2.05, 4.69) is 15.5 Å². The molecular formula is C8H10N4O2S. The Kier molecular flexibility index (Phi) is 2.63. The van der Waals surface area contributed by atoms with E-state index in [0.29, 0.717) is 18.0 Å². The Bertz CT molecular complexity index is 378. The van der Waals surface area contributed by atoms with Crippen LogP contribution >= 0.6 is 11.3 Å². The molecule has 1 aromatic rings. The highest BCUT2D eigenvalue weighted by Crippen LogP contribution is 2.17. The van der Waals surface area contributed by atoms with Crippen LogP contribution in [0.5, 0.6) is 0 Å². The van der Waals surface area contributed by atoms with E-state index in [9.17, 15) is 9.59 Å². The van der Waals surface area contributed by atoms with Gasteiger partial charge in [-0.05, 0) is 6.42 Å². The van der Waals surface area contributed by atoms with Gasteiger partial charge in [-0.2, -0.15) is 0 Å². The van der Waals surface area contributed by atoms with E-state index < -0.39 is 0 Å². The number of hydrogen-bond donors (Lipinski definition) is 1. The first kappa shape index (κ1) is 10.0. The molecule has 2 amide bonds. The van der Waals surface area contributed by atoms with Crippen molar-refractivity contribution in [1.29, 1.82) is 0 Å². The van der Waals surface area contributed by atoms with Crippen molar-refractivity contribution < 1.29 is 9.59 Å². The number of amides is 2. The van der Waals surface area contributed by atoms with Gasteiger partial charge < -0.3 is 5.32 Å². The van der Waals surface area contributed by atoms with E-state index in [-0.39, 0.29) is 17.9 Å². The summed E-state index contributed by atoms with van der Waals surface area (Å²) in [7, 11) is 1.50. The summed E-state index contributed by atoms with van der Waals surface area (Å²) in [5.41, 5.74) is 1.59. The second-order valence-corrected chi connectivity index (χ2v) is 4.10. The van der Waals surface area contributed by atoms with Crippen LogP contribution in [0.25, 0.3) is 0 Å². The molecule has 0 radical (unpaired) electrons. The van der Waals surface area contributed by atoms with Crippen molar-refractivity contribution in [3.05, 3.63) is 5.51 Å². The molecule has 1 aliphatic heterocycles. The van der Waals surface area contributed by atoms with Crippen molar-refractivity contribution in [3.63, 3.8) is 0 Å². The van der Waals surface area contributed by atoms with Crippen LogP contribution in [0, 0.1) is 0 Å². The Morgan fingerprint density at radius 1 is 1.60 bits per heavy atom. The largest absolute Gasteiger partial charge is 0.348 e. The number of carbonyl (C=O) groups excluding carboxylic acids is 2. The molecule has 0 bridgehead atoms. The SMILES string of the molecule is CN1C(=O)CCC(Nc2nncs2)C1=O. The number of carbonyl (C=O) groups is 2. The van der Waals surface area contributed by atoms with Gasteiger partial charge in [0.25, 0.3) is 5.91 Å². The third kappa shape index (κ3) is 1.96. The zero-order valence-electron chi connectivity index (χ0n) is 8.14. The Morgan fingerprint density at radius 3 is 3.07 bits per heavy atom. The number of hydrogen-bond acceptors (Lipinski definition) is 6. The molecule has 1 atom stereocenters. The molecule has 0 aliphatic carbocycles. The maximum Gasteiger partial charge on any atom is 0.251 e. The van der Waals surface area contributed by atoms with Gasteiger partial charge in [-0.25, -0.2) is 0 Å². The van der Waals surface area contributed by atoms with Crippen LogP contribution in [0.1, 0.15) is 12.8 Å². The quantitative estimate of drug-likeness (QED) is 0.724. The Morgan fingerprint density at radius 2 is 2.40 bits per heavy atom. The molecular weight excluding hydrogens is 216 g/mol. The Balaban J connectivity index is 2.05. The summed E-state index contributed by atoms with van der Waals surface area (Å²) in [6.07, 6.45) is 0.903. The molecule has 2 rings (SSSR count). The second-order valence-electron chi connectivity index (χ2n) is 3.27. The average molecular weight is 226 g/mol. The third-order valence-corrected chi connectivity index (χ3v) is 2.93. The number of nitrogens with one attached hydrogen (secondary N) is 1. The van der Waals surface area contributed by atoms with Crippen molar-refractivity contribution in [2.24, 2.45) is 0 Å². The lowest BCUT2D eigenvalue weighted by atomic mass is 10.1. The highest BCUT2D eigenvalue weighted by molar-refractivity contribution is 7.13. The predicted molar refractivity (Wildman–Crippen MR) is 54.3 cm³/mol. The molecule has 1 unspecified atom stereocenters. The van der Waals surface area contributed by atoms with Gasteiger partial charge in [0.15, 0.2) is 0 Å². The number of aromatic nitrogens is 2. The number of likely N-dealkylation sites (tertiary alicyclic amines) is 1. The molecule has 0 spiro atoms. The maximum atomic E-state index is 11.7. The first-order chi connectivity index (χ1) is 7.18. The number of nitrogens with zero attached hydrogens (tertiary/aromatic N) is 3. The van der Waals surface area contributed by atoms with E-state index in [1.54, 1.807) is 5.51 Å². The lowest BCUT2D eigenvalue weighted by Gasteiger charge is -2.27. The van der Waals surface area contributed by atoms with E-state index in [4.69, 9.17) is 0 Å². The summed E-state index contributed by atoms with van der Waals surface area (Å²) in [5.74, 6) is -0.336. The average Bonchev–Trinajstić information content (AvgIpc) is 2.72. The van der Waals surface area contributed by atoms with Gasteiger partial charge in [-0.1, -0.05) is 11.3 Å². The highest BCUT2D eigenvalue weighted by Gasteiger charge is 2.31. The van der Waals surface area contributed by atoms with E-state index in [1.807, 2.05) is 0 Å². The first-order valence-corrected chi connectivity index (χ1v) is 5.39. The standard InChI is InChI=1S/C8H10N4O2S/c1-12-6(13)3-2-5(7(12)14)10-8-11-9-4-15-8/h4-5H,2-3H2,1H3,(H,10,11). The van der Waals surface area contributed by atoms with Crippen molar-refractivity contribution in [1.82, 2.24) is 15.1 Å². The van der Waals surface area contributed by atoms with E-state index >= 15 is 0 Å². The monoisotopic (exact) mass is 226 g/mol. The molecule has 1 saturated heterocycles. The predicted octanol–water partition coefficient (Wildman–Crippen LogP) is 0.0974. The molecule has 15 heavy (non-hydrogen) atoms. The molecule has 7 heteroatoms. The molecule has 1 aromatic heterocycles. The summed E-state index contributed by atoms with van der Waals surface area (Å²) in [6, 6.07) is -0.361. The smallest absolute Gasteiger partial charge is 0.251 e. The zero-order valence-corrected chi connectivity index (χ0v) is 8.95. The van der Waals surface area contributed by atoms with Crippen LogP contribution in [0.4, 0.5) is 5.13 Å². The summed E-state index contributed by atoms with van der Waals surface area (Å²) in [6.45, 7) is 0. The van der Waals surface area contributed by atoms with Crippen molar-refractivity contribution in [3.8, 4) is 0 Å². The van der Waals surface area contributed by atoms with Crippen LogP contribution in [0.15, 0.2) is 5.51 Å². The lowest BCUT2D eigenvalue weighted by molar-refractivity contribution is -0.146. The third-order valence-electron chi connectivity index (χ3n) is 2.31. The van der Waals surface area contributed by atoms with Crippen LogP contribution in [0.2, 0.25) is 0 Å². The molecule has 1 fully saturated rings. The summed E-state index contributed by atoms with van der Waals surface area (Å²) in [5, 5.41) is 11.0. The van der Waals surface area contributed by atoms with Crippen LogP contribution in [-0.2, 0) is 9.59 Å². The van der Waals surface area contributed by atoms with Crippen molar-refractivity contribution in [2.45, 2.75) is 18.9 Å². The number of piperidine rings is 1. The van der Waals surface area contributed by atoms with Gasteiger partial charge >= 0.3 is 0 Å². The van der Waals surface area contributed by atoms with E-state index in [1.165, 1.54) is 18.4 Å². The van der Waals surface area contributed by atoms with Crippen molar-refractivity contribution in [2.75, 3.05) is 12.4 Å². The molecule has 1 aliphatic rings. The fraction of sp³-hybridized carbons (Fsp3) is 0.500. The van der Waals surface area contributed by atoms with E-state index in [0.717, 1.165) is 4.90 Å². The summed E-state index contributed by atoms with van der Waals surface area (Å²) >= 11 is 1.33. The molecule has 0 saturated carbocycles. The van der Waals surface area contributed by atoms with Gasteiger partial charge in [-0.3, -0.25) is 14.5 Å². The topological polar surface area (TPSA) is 75.2 Å². The lowest BCUT2D eigenvalue weighted by Crippen LogP contribution is -2.48. The fourth-order valence-electron chi connectivity index (χ4n) is 1.43. The second kappa shape index (κ2) is 3.93. The zero-order chi connectivity index (χ0) is 10.8. The number of anilines is 1. The minimum atomic E-state index is -0.361. The molecule has 0 aromatic carbocycles. The fourth-order valence-corrected chi connectivity index (χ4v) is 1.93. The van der Waals surface area contributed by atoms with Crippen molar-refractivity contribution >= 4 is 28.3 Å². The minimum Gasteiger partial charge on any atom is -0.348 e. The molecule has 2 heterocycles. The first-order valence-electron chi connectivity index (χ1n) is 4.51. The van der Waals surface area contributed by atoms with Gasteiger partial charge in [0.2, 0.25) is 11.0 Å². The van der Waals surface area contributed by atoms with Crippen LogP contribution in [-0.4, -0.2) is 40.0 Å². The van der Waals surface area contributed by atoms with Crippen LogP contribution < -0.4 is 5.32 Å². The van der Waals surface area contributed by atoms with Gasteiger partial charge in [0, 0.05) is 13.5 Å². The van der Waals surface area contributed by atoms with Gasteiger partial charge in [-0.15, -0.1) is 10.2 Å². The molecule has 6 nitrogen and oxygen atoms in total. The normalized spacial score (nSPS) is 21.9. The number of likely N-dealkylation sites (N-methyl/N-ethyl adjacent to an activating group) is 1. The highest BCUT2D eigenvalue weighted by atomic mass is 32.1. The maximum absolute atomic E-state index is 11.7. The number of rotatable bonds is 2. The summed E-state index contributed by atoms with van der Waals surface area (Å²) < 4.78 is 0. The summed E-state index contributed by atoms with van der Waals surface area (Å²) in [4.78, 5) is 24.0.